The zero-order chi connectivity index (χ0) is 24.5. The summed E-state index contributed by atoms with van der Waals surface area (Å²) >= 11 is 0. The van der Waals surface area contributed by atoms with Gasteiger partial charge in [0.2, 0.25) is 0 Å². The number of benzene rings is 1. The van der Waals surface area contributed by atoms with Gasteiger partial charge in [-0.2, -0.15) is 10.2 Å². The summed E-state index contributed by atoms with van der Waals surface area (Å²) in [6.07, 6.45) is 13.6. The number of ketones is 1. The van der Waals surface area contributed by atoms with Gasteiger partial charge in [0.05, 0.1) is 29.7 Å². The summed E-state index contributed by atoms with van der Waals surface area (Å²) in [4.78, 5) is 17.2. The van der Waals surface area contributed by atoms with Crippen molar-refractivity contribution in [3.05, 3.63) is 65.9 Å². The molecular formula is C26H32FN7O. The molecule has 0 bridgehead atoms. The van der Waals surface area contributed by atoms with E-state index in [1.54, 1.807) is 35.1 Å². The fraction of sp³-hybridized carbons (Fsp3) is 0.385. The molecule has 35 heavy (non-hydrogen) atoms. The number of Topliss-reactive ketones (excluding diaryl/α,β-unsaturated/α-hetero) is 1. The molecule has 184 valence electrons. The largest absolute Gasteiger partial charge is 0.362 e. The van der Waals surface area contributed by atoms with E-state index in [-0.39, 0.29) is 18.1 Å². The Morgan fingerprint density at radius 3 is 2.91 bits per heavy atom. The van der Waals surface area contributed by atoms with Crippen LogP contribution in [0.3, 0.4) is 0 Å². The Labute approximate surface area is 205 Å². The summed E-state index contributed by atoms with van der Waals surface area (Å²) in [6, 6.07) is 8.21. The van der Waals surface area contributed by atoms with Crippen molar-refractivity contribution < 1.29 is 9.18 Å². The van der Waals surface area contributed by atoms with Gasteiger partial charge < -0.3 is 10.6 Å². The first-order chi connectivity index (χ1) is 17.1. The first-order valence-corrected chi connectivity index (χ1v) is 12.1. The first kappa shape index (κ1) is 24.5. The lowest BCUT2D eigenvalue weighted by Gasteiger charge is -2.18. The number of rotatable bonds is 6. The van der Waals surface area contributed by atoms with E-state index in [1.165, 1.54) is 24.5 Å². The van der Waals surface area contributed by atoms with Crippen LogP contribution >= 0.6 is 0 Å². The molecule has 1 aromatic carbocycles. The summed E-state index contributed by atoms with van der Waals surface area (Å²) in [5.41, 5.74) is 2.11. The smallest absolute Gasteiger partial charge is 0.185 e. The lowest BCUT2D eigenvalue weighted by molar-refractivity contribution is -0.113. The highest BCUT2D eigenvalue weighted by atomic mass is 19.1. The third-order valence-electron chi connectivity index (χ3n) is 6.06. The molecule has 2 aliphatic rings. The minimum absolute atomic E-state index is 0.0471. The fourth-order valence-electron chi connectivity index (χ4n) is 4.10. The molecule has 1 unspecified atom stereocenters. The molecule has 2 N–H and O–H groups in total. The zero-order valence-corrected chi connectivity index (χ0v) is 20.0. The molecule has 2 aliphatic heterocycles. The summed E-state index contributed by atoms with van der Waals surface area (Å²) in [5.74, 6) is 0.565. The van der Waals surface area contributed by atoms with Crippen molar-refractivity contribution in [2.75, 3.05) is 32.0 Å². The Morgan fingerprint density at radius 2 is 2.06 bits per heavy atom. The van der Waals surface area contributed by atoms with Gasteiger partial charge in [0.15, 0.2) is 5.78 Å². The SMILES string of the molecule is CN1/C=C\CC=N/C=C(C(=O)CNc2cc(C3CCCCNCC3)nn2-c2ccc(F)cc2)/C=N\1. The van der Waals surface area contributed by atoms with Crippen LogP contribution in [0, 0.1) is 5.82 Å². The van der Waals surface area contributed by atoms with E-state index in [1.807, 2.05) is 18.3 Å². The van der Waals surface area contributed by atoms with E-state index >= 15 is 0 Å². The third kappa shape index (κ3) is 6.95. The van der Waals surface area contributed by atoms with Gasteiger partial charge in [-0.15, -0.1) is 0 Å². The number of carbonyl (C=O) groups excluding carboxylic acids is 1. The van der Waals surface area contributed by atoms with E-state index < -0.39 is 0 Å². The maximum Gasteiger partial charge on any atom is 0.185 e. The molecule has 1 atom stereocenters. The predicted octanol–water partition coefficient (Wildman–Crippen LogP) is 4.03. The van der Waals surface area contributed by atoms with Crippen LogP contribution in [-0.4, -0.2) is 59.7 Å². The lowest BCUT2D eigenvalue weighted by Crippen LogP contribution is -2.21. The average Bonchev–Trinajstić information content (AvgIpc) is 3.26. The number of hydrazone groups is 1. The number of carbonyl (C=O) groups is 1. The Morgan fingerprint density at radius 1 is 1.20 bits per heavy atom. The molecule has 1 aromatic heterocycles. The van der Waals surface area contributed by atoms with Crippen LogP contribution in [0.5, 0.6) is 0 Å². The molecule has 0 radical (unpaired) electrons. The maximum absolute atomic E-state index is 13.6. The molecule has 3 heterocycles. The molecule has 9 heteroatoms. The number of anilines is 1. The number of aromatic nitrogens is 2. The van der Waals surface area contributed by atoms with Gasteiger partial charge in [-0.05, 0) is 56.6 Å². The van der Waals surface area contributed by atoms with Crippen LogP contribution in [0.4, 0.5) is 10.2 Å². The standard InChI is InChI=1S/C26H32FN7O/c1-33-15-5-4-13-29-17-21(18-31-33)25(35)19-30-26-16-24(20-6-2-3-12-28-14-11-20)32-34(26)23-9-7-22(27)8-10-23/h5,7-10,13,15-18,20,28,30H,2-4,6,11-12,14,19H2,1H3/b15-5-,21-17-,29-13?,31-18-. The molecule has 1 saturated heterocycles. The van der Waals surface area contributed by atoms with E-state index in [4.69, 9.17) is 5.10 Å². The number of hydrogen-bond donors (Lipinski definition) is 2. The second-order valence-electron chi connectivity index (χ2n) is 8.71. The second kappa shape index (κ2) is 12.2. The van der Waals surface area contributed by atoms with Crippen LogP contribution in [0.2, 0.25) is 0 Å². The molecule has 0 aliphatic carbocycles. The Kier molecular flexibility index (Phi) is 8.56. The van der Waals surface area contributed by atoms with Crippen molar-refractivity contribution in [2.45, 2.75) is 38.0 Å². The fourth-order valence-corrected chi connectivity index (χ4v) is 4.10. The van der Waals surface area contributed by atoms with Crippen LogP contribution in [0.1, 0.15) is 43.7 Å². The van der Waals surface area contributed by atoms with Crippen LogP contribution in [-0.2, 0) is 4.79 Å². The highest BCUT2D eigenvalue weighted by Gasteiger charge is 2.20. The van der Waals surface area contributed by atoms with Gasteiger partial charge in [-0.25, -0.2) is 9.07 Å². The normalized spacial score (nSPS) is 22.4. The maximum atomic E-state index is 13.6. The van der Waals surface area contributed by atoms with Crippen LogP contribution in [0.15, 0.2) is 64.5 Å². The van der Waals surface area contributed by atoms with Crippen molar-refractivity contribution in [3.63, 3.8) is 0 Å². The van der Waals surface area contributed by atoms with Crippen LogP contribution < -0.4 is 10.6 Å². The molecule has 0 saturated carbocycles. The summed E-state index contributed by atoms with van der Waals surface area (Å²) in [7, 11) is 1.81. The Hall–Kier alpha value is -3.59. The van der Waals surface area contributed by atoms with Crippen molar-refractivity contribution >= 4 is 24.0 Å². The van der Waals surface area contributed by atoms with E-state index in [0.29, 0.717) is 23.7 Å². The molecule has 1 fully saturated rings. The van der Waals surface area contributed by atoms with Crippen molar-refractivity contribution in [1.82, 2.24) is 20.1 Å². The van der Waals surface area contributed by atoms with Gasteiger partial charge in [-0.3, -0.25) is 14.8 Å². The van der Waals surface area contributed by atoms with Gasteiger partial charge in [-0.1, -0.05) is 12.5 Å². The molecule has 2 aromatic rings. The lowest BCUT2D eigenvalue weighted by atomic mass is 9.93. The minimum atomic E-state index is -0.306. The minimum Gasteiger partial charge on any atom is -0.362 e. The van der Waals surface area contributed by atoms with Crippen molar-refractivity contribution in [1.29, 1.82) is 0 Å². The highest BCUT2D eigenvalue weighted by Crippen LogP contribution is 2.29. The highest BCUT2D eigenvalue weighted by molar-refractivity contribution is 6.14. The predicted molar refractivity (Wildman–Crippen MR) is 138 cm³/mol. The molecule has 0 amide bonds. The zero-order valence-electron chi connectivity index (χ0n) is 20.0. The number of allylic oxidation sites excluding steroid dienone is 1. The quantitative estimate of drug-likeness (QED) is 0.656. The van der Waals surface area contributed by atoms with Crippen LogP contribution in [0.25, 0.3) is 5.69 Å². The van der Waals surface area contributed by atoms with E-state index in [9.17, 15) is 9.18 Å². The number of nitrogens with one attached hydrogen (secondary N) is 2. The summed E-state index contributed by atoms with van der Waals surface area (Å²) in [6.45, 7) is 2.05. The first-order valence-electron chi connectivity index (χ1n) is 12.1. The monoisotopic (exact) mass is 477 g/mol. The second-order valence-corrected chi connectivity index (χ2v) is 8.71. The van der Waals surface area contributed by atoms with Crippen molar-refractivity contribution in [2.24, 2.45) is 10.1 Å². The summed E-state index contributed by atoms with van der Waals surface area (Å²) in [5, 5.41) is 17.5. The molecule has 0 spiro atoms. The number of aliphatic imine (C=N–C) groups is 1. The molecule has 4 rings (SSSR count). The van der Waals surface area contributed by atoms with Gasteiger partial charge in [0.1, 0.15) is 11.6 Å². The third-order valence-corrected chi connectivity index (χ3v) is 6.06. The number of hydrogen-bond acceptors (Lipinski definition) is 7. The number of halogens is 1. The summed E-state index contributed by atoms with van der Waals surface area (Å²) < 4.78 is 15.3. The van der Waals surface area contributed by atoms with Gasteiger partial charge in [0, 0.05) is 44.1 Å². The molecule has 8 nitrogen and oxygen atoms in total. The number of nitrogens with zero attached hydrogens (tertiary/aromatic N) is 5. The molecular weight excluding hydrogens is 445 g/mol. The average molecular weight is 478 g/mol. The van der Waals surface area contributed by atoms with E-state index in [2.05, 4.69) is 20.7 Å². The van der Waals surface area contributed by atoms with E-state index in [0.717, 1.165) is 50.2 Å². The Balaban J connectivity index is 1.55. The Bertz CT molecular complexity index is 1110. The van der Waals surface area contributed by atoms with Crippen molar-refractivity contribution in [3.8, 4) is 5.69 Å². The van der Waals surface area contributed by atoms with Gasteiger partial charge in [0.25, 0.3) is 0 Å². The topological polar surface area (TPSA) is 86.9 Å². The van der Waals surface area contributed by atoms with Gasteiger partial charge >= 0.3 is 0 Å².